The maximum absolute atomic E-state index is 5.26. The highest BCUT2D eigenvalue weighted by Crippen LogP contribution is 2.25. The van der Waals surface area contributed by atoms with E-state index < -0.39 is 0 Å². The number of benzene rings is 1. The molecule has 92 valence electrons. The molecule has 0 saturated heterocycles. The van der Waals surface area contributed by atoms with E-state index in [9.17, 15) is 0 Å². The van der Waals surface area contributed by atoms with E-state index in [0.29, 0.717) is 6.61 Å². The van der Waals surface area contributed by atoms with Crippen LogP contribution in [-0.4, -0.2) is 34.4 Å². The second-order valence-corrected chi connectivity index (χ2v) is 3.09. The Balaban J connectivity index is 0.00000106. The van der Waals surface area contributed by atoms with E-state index in [4.69, 9.17) is 9.47 Å². The predicted molar refractivity (Wildman–Crippen MR) is 69.5 cm³/mol. The van der Waals surface area contributed by atoms with Crippen molar-refractivity contribution in [2.24, 2.45) is 0 Å². The molecule has 3 nitrogen and oxygen atoms in total. The van der Waals surface area contributed by atoms with Gasteiger partial charge in [-0.1, -0.05) is 26.0 Å². The molecule has 0 aliphatic carbocycles. The first-order valence-electron chi connectivity index (χ1n) is 5.62. The largest absolute Gasteiger partial charge is 0.495 e. The summed E-state index contributed by atoms with van der Waals surface area (Å²) in [5, 5.41) is 0. The normalized spacial score (nSPS) is 9.06. The van der Waals surface area contributed by atoms with Crippen molar-refractivity contribution >= 4 is 5.69 Å². The van der Waals surface area contributed by atoms with Gasteiger partial charge in [-0.3, -0.25) is 0 Å². The second kappa shape index (κ2) is 9.04. The minimum absolute atomic E-state index is 0.717. The van der Waals surface area contributed by atoms with Crippen LogP contribution in [0.15, 0.2) is 24.3 Å². The minimum Gasteiger partial charge on any atom is -0.495 e. The van der Waals surface area contributed by atoms with E-state index in [1.807, 2.05) is 45.2 Å². The zero-order valence-corrected chi connectivity index (χ0v) is 11.0. The Kier molecular flexibility index (Phi) is 8.35. The SMILES string of the molecule is CC.COCCN(C)c1ccccc1OC. The van der Waals surface area contributed by atoms with E-state index in [-0.39, 0.29) is 0 Å². The average molecular weight is 225 g/mol. The maximum Gasteiger partial charge on any atom is 0.142 e. The Morgan fingerprint density at radius 3 is 2.31 bits per heavy atom. The number of likely N-dealkylation sites (N-methyl/N-ethyl adjacent to an activating group) is 1. The summed E-state index contributed by atoms with van der Waals surface area (Å²) in [6, 6.07) is 7.96. The van der Waals surface area contributed by atoms with Gasteiger partial charge in [-0.2, -0.15) is 0 Å². The molecule has 16 heavy (non-hydrogen) atoms. The lowest BCUT2D eigenvalue weighted by atomic mass is 10.2. The van der Waals surface area contributed by atoms with Crippen LogP contribution in [0.5, 0.6) is 5.75 Å². The number of rotatable bonds is 5. The van der Waals surface area contributed by atoms with Crippen molar-refractivity contribution in [3.8, 4) is 5.75 Å². The summed E-state index contributed by atoms with van der Waals surface area (Å²) in [6.07, 6.45) is 0. The molecule has 0 aromatic heterocycles. The molecule has 0 amide bonds. The number of ether oxygens (including phenoxy) is 2. The summed E-state index contributed by atoms with van der Waals surface area (Å²) in [5.41, 5.74) is 1.09. The lowest BCUT2D eigenvalue weighted by Crippen LogP contribution is -2.22. The van der Waals surface area contributed by atoms with Crippen LogP contribution < -0.4 is 9.64 Å². The Morgan fingerprint density at radius 1 is 1.12 bits per heavy atom. The number of para-hydroxylation sites is 2. The van der Waals surface area contributed by atoms with Gasteiger partial charge < -0.3 is 14.4 Å². The third-order valence-corrected chi connectivity index (χ3v) is 2.13. The molecule has 3 heteroatoms. The quantitative estimate of drug-likeness (QED) is 0.769. The van der Waals surface area contributed by atoms with Crippen LogP contribution in [0.4, 0.5) is 5.69 Å². The maximum atomic E-state index is 5.26. The molecular weight excluding hydrogens is 202 g/mol. The van der Waals surface area contributed by atoms with Crippen molar-refractivity contribution in [2.75, 3.05) is 39.3 Å². The van der Waals surface area contributed by atoms with Crippen LogP contribution in [-0.2, 0) is 4.74 Å². The van der Waals surface area contributed by atoms with Crippen LogP contribution in [0.3, 0.4) is 0 Å². The number of hydrogen-bond donors (Lipinski definition) is 0. The molecule has 0 radical (unpaired) electrons. The minimum atomic E-state index is 0.717. The van der Waals surface area contributed by atoms with Gasteiger partial charge in [0.25, 0.3) is 0 Å². The Bertz CT molecular complexity index is 276. The summed E-state index contributed by atoms with van der Waals surface area (Å²) in [7, 11) is 5.41. The summed E-state index contributed by atoms with van der Waals surface area (Å²) >= 11 is 0. The Morgan fingerprint density at radius 2 is 1.75 bits per heavy atom. The lowest BCUT2D eigenvalue weighted by molar-refractivity contribution is 0.206. The fourth-order valence-electron chi connectivity index (χ4n) is 1.29. The van der Waals surface area contributed by atoms with E-state index in [1.54, 1.807) is 14.2 Å². The molecule has 1 rings (SSSR count). The van der Waals surface area contributed by atoms with E-state index in [2.05, 4.69) is 4.90 Å². The van der Waals surface area contributed by atoms with Crippen LogP contribution in [0.1, 0.15) is 13.8 Å². The zero-order valence-electron chi connectivity index (χ0n) is 11.0. The Labute approximate surface area is 99.0 Å². The zero-order chi connectivity index (χ0) is 12.4. The van der Waals surface area contributed by atoms with Crippen molar-refractivity contribution in [3.63, 3.8) is 0 Å². The number of nitrogens with zero attached hydrogens (tertiary/aromatic N) is 1. The van der Waals surface area contributed by atoms with Gasteiger partial charge in [0.15, 0.2) is 0 Å². The molecule has 0 spiro atoms. The third-order valence-electron chi connectivity index (χ3n) is 2.13. The van der Waals surface area contributed by atoms with Crippen molar-refractivity contribution in [1.29, 1.82) is 0 Å². The van der Waals surface area contributed by atoms with Crippen LogP contribution >= 0.6 is 0 Å². The molecular formula is C13H23NO2. The van der Waals surface area contributed by atoms with Crippen molar-refractivity contribution in [1.82, 2.24) is 0 Å². The number of hydrogen-bond acceptors (Lipinski definition) is 3. The molecule has 1 aromatic rings. The van der Waals surface area contributed by atoms with Crippen molar-refractivity contribution in [2.45, 2.75) is 13.8 Å². The van der Waals surface area contributed by atoms with Crippen molar-refractivity contribution < 1.29 is 9.47 Å². The molecule has 0 atom stereocenters. The monoisotopic (exact) mass is 225 g/mol. The summed E-state index contributed by atoms with van der Waals surface area (Å²) in [6.45, 7) is 5.57. The molecule has 1 aromatic carbocycles. The van der Waals surface area contributed by atoms with Gasteiger partial charge >= 0.3 is 0 Å². The summed E-state index contributed by atoms with van der Waals surface area (Å²) in [4.78, 5) is 2.11. The molecule has 0 heterocycles. The van der Waals surface area contributed by atoms with Gasteiger partial charge in [-0.25, -0.2) is 0 Å². The van der Waals surface area contributed by atoms with Crippen LogP contribution in [0.2, 0.25) is 0 Å². The van der Waals surface area contributed by atoms with E-state index in [0.717, 1.165) is 18.0 Å². The molecule has 0 aliphatic heterocycles. The van der Waals surface area contributed by atoms with Gasteiger partial charge in [0.2, 0.25) is 0 Å². The van der Waals surface area contributed by atoms with E-state index in [1.165, 1.54) is 0 Å². The smallest absolute Gasteiger partial charge is 0.142 e. The molecule has 0 N–H and O–H groups in total. The van der Waals surface area contributed by atoms with Gasteiger partial charge in [0.1, 0.15) is 5.75 Å². The third kappa shape index (κ3) is 4.53. The molecule has 0 bridgehead atoms. The molecule has 0 saturated carbocycles. The number of methoxy groups -OCH3 is 2. The first kappa shape index (κ1) is 14.8. The highest BCUT2D eigenvalue weighted by atomic mass is 16.5. The molecule has 0 fully saturated rings. The second-order valence-electron chi connectivity index (χ2n) is 3.09. The summed E-state index contributed by atoms with van der Waals surface area (Å²) < 4.78 is 10.3. The van der Waals surface area contributed by atoms with Gasteiger partial charge in [0, 0.05) is 20.7 Å². The first-order valence-corrected chi connectivity index (χ1v) is 5.62. The van der Waals surface area contributed by atoms with Crippen molar-refractivity contribution in [3.05, 3.63) is 24.3 Å². The average Bonchev–Trinajstić information content (AvgIpc) is 2.38. The van der Waals surface area contributed by atoms with Gasteiger partial charge in [-0.15, -0.1) is 0 Å². The topological polar surface area (TPSA) is 21.7 Å². The Hall–Kier alpha value is -1.22. The first-order chi connectivity index (χ1) is 7.79. The number of anilines is 1. The molecule has 0 unspecified atom stereocenters. The van der Waals surface area contributed by atoms with Gasteiger partial charge in [0.05, 0.1) is 19.4 Å². The van der Waals surface area contributed by atoms with E-state index >= 15 is 0 Å². The highest BCUT2D eigenvalue weighted by molar-refractivity contribution is 5.57. The standard InChI is InChI=1S/C11H17NO2.C2H6/c1-12(8-9-13-2)10-6-4-5-7-11(10)14-3;1-2/h4-7H,8-9H2,1-3H3;1-2H3. The lowest BCUT2D eigenvalue weighted by Gasteiger charge is -2.20. The molecule has 0 aliphatic rings. The van der Waals surface area contributed by atoms with Crippen LogP contribution in [0, 0.1) is 0 Å². The summed E-state index contributed by atoms with van der Waals surface area (Å²) in [5.74, 6) is 0.895. The van der Waals surface area contributed by atoms with Crippen LogP contribution in [0.25, 0.3) is 0 Å². The predicted octanol–water partition coefficient (Wildman–Crippen LogP) is 2.80. The fourth-order valence-corrected chi connectivity index (χ4v) is 1.29. The fraction of sp³-hybridized carbons (Fsp3) is 0.538. The van der Waals surface area contributed by atoms with Gasteiger partial charge in [-0.05, 0) is 12.1 Å². The highest BCUT2D eigenvalue weighted by Gasteiger charge is 2.05.